The first kappa shape index (κ1) is 25.7. The normalized spacial score (nSPS) is 12.2. The quantitative estimate of drug-likeness (QED) is 0.236. The molecule has 162 valence electrons. The van der Waals surface area contributed by atoms with E-state index in [4.69, 9.17) is 27.9 Å². The van der Waals surface area contributed by atoms with Crippen LogP contribution in [0, 0.1) is 0 Å². The molecular weight excluding hydrogens is 530 g/mol. The number of hydrogen-bond acceptors (Lipinski definition) is 5. The van der Waals surface area contributed by atoms with Crippen LogP contribution in [0.15, 0.2) is 29.5 Å². The van der Waals surface area contributed by atoms with Gasteiger partial charge in [-0.15, -0.1) is 34.2 Å². The molecule has 2 aromatic rings. The molecule has 0 amide bonds. The van der Waals surface area contributed by atoms with E-state index in [1.165, 1.54) is 0 Å². The first-order valence-electron chi connectivity index (χ1n) is 9.18. The molecule has 29 heavy (non-hydrogen) atoms. The van der Waals surface area contributed by atoms with E-state index in [1.807, 2.05) is 18.4 Å². The molecular formula is C18H27Cl2IN6O2. The molecule has 0 radical (unpaired) electrons. The summed E-state index contributed by atoms with van der Waals surface area (Å²) in [5, 5.41) is 25.2. The molecule has 3 N–H and O–H groups in total. The van der Waals surface area contributed by atoms with Gasteiger partial charge in [0.05, 0.1) is 11.6 Å². The highest BCUT2D eigenvalue weighted by atomic mass is 127. The molecule has 1 atom stereocenters. The van der Waals surface area contributed by atoms with Crippen molar-refractivity contribution in [3.05, 3.63) is 40.4 Å². The van der Waals surface area contributed by atoms with Crippen LogP contribution in [-0.4, -0.2) is 58.2 Å². The van der Waals surface area contributed by atoms with Gasteiger partial charge < -0.3 is 25.0 Å². The van der Waals surface area contributed by atoms with Crippen molar-refractivity contribution in [3.63, 3.8) is 0 Å². The lowest BCUT2D eigenvalue weighted by atomic mass is 10.3. The maximum Gasteiger partial charge on any atom is 0.191 e. The lowest BCUT2D eigenvalue weighted by Crippen LogP contribution is -2.39. The van der Waals surface area contributed by atoms with E-state index < -0.39 is 6.10 Å². The molecule has 0 aliphatic rings. The number of nitrogens with zero attached hydrogens (tertiary/aromatic N) is 4. The summed E-state index contributed by atoms with van der Waals surface area (Å²) in [5.41, 5.74) is 0. The number of aliphatic hydroxyl groups is 1. The molecule has 0 aliphatic carbocycles. The maximum atomic E-state index is 10.1. The first-order chi connectivity index (χ1) is 13.5. The summed E-state index contributed by atoms with van der Waals surface area (Å²) >= 11 is 12.0. The van der Waals surface area contributed by atoms with Crippen LogP contribution in [0.4, 0.5) is 0 Å². The van der Waals surface area contributed by atoms with Crippen LogP contribution < -0.4 is 15.4 Å². The molecule has 0 saturated carbocycles. The van der Waals surface area contributed by atoms with Gasteiger partial charge in [0.2, 0.25) is 0 Å². The summed E-state index contributed by atoms with van der Waals surface area (Å²) in [4.78, 5) is 4.39. The number of ether oxygens (including phenoxy) is 1. The van der Waals surface area contributed by atoms with Crippen molar-refractivity contribution in [3.8, 4) is 5.75 Å². The minimum Gasteiger partial charge on any atom is -0.489 e. The number of halogens is 3. The highest BCUT2D eigenvalue weighted by Gasteiger charge is 2.10. The average Bonchev–Trinajstić information content (AvgIpc) is 3.14. The summed E-state index contributed by atoms with van der Waals surface area (Å²) in [5.74, 6) is 1.99. The van der Waals surface area contributed by atoms with Crippen LogP contribution in [-0.2, 0) is 13.0 Å². The third-order valence-electron chi connectivity index (χ3n) is 3.81. The SMILES string of the molecule is CCNC(=NCC(O)COc1cccc(Cl)c1Cl)NCCn1cnnc1CC.I. The summed E-state index contributed by atoms with van der Waals surface area (Å²) in [6.07, 6.45) is 1.76. The second-order valence-electron chi connectivity index (χ2n) is 5.96. The second kappa shape index (κ2) is 13.8. The van der Waals surface area contributed by atoms with E-state index >= 15 is 0 Å². The Balaban J connectivity index is 0.00000420. The minimum absolute atomic E-state index is 0. The number of aliphatic imine (C=N–C) groups is 1. The summed E-state index contributed by atoms with van der Waals surface area (Å²) in [7, 11) is 0. The summed E-state index contributed by atoms with van der Waals surface area (Å²) in [6.45, 7) is 6.35. The number of hydrogen-bond donors (Lipinski definition) is 3. The van der Waals surface area contributed by atoms with Crippen LogP contribution in [0.25, 0.3) is 0 Å². The van der Waals surface area contributed by atoms with E-state index in [-0.39, 0.29) is 37.1 Å². The zero-order valence-electron chi connectivity index (χ0n) is 16.4. The summed E-state index contributed by atoms with van der Waals surface area (Å²) < 4.78 is 7.53. The maximum absolute atomic E-state index is 10.1. The molecule has 0 saturated heterocycles. The Bertz CT molecular complexity index is 775. The van der Waals surface area contributed by atoms with Crippen molar-refractivity contribution in [2.45, 2.75) is 32.9 Å². The molecule has 1 heterocycles. The number of rotatable bonds is 10. The van der Waals surface area contributed by atoms with Gasteiger partial charge >= 0.3 is 0 Å². The van der Waals surface area contributed by atoms with Gasteiger partial charge in [0.25, 0.3) is 0 Å². The molecule has 8 nitrogen and oxygen atoms in total. The number of aliphatic hydroxyl groups excluding tert-OH is 1. The number of guanidine groups is 1. The molecule has 1 aromatic carbocycles. The molecule has 0 fully saturated rings. The molecule has 0 spiro atoms. The third-order valence-corrected chi connectivity index (χ3v) is 4.61. The largest absolute Gasteiger partial charge is 0.489 e. The van der Waals surface area contributed by atoms with Gasteiger partial charge in [-0.3, -0.25) is 4.99 Å². The van der Waals surface area contributed by atoms with E-state index in [0.717, 1.165) is 18.8 Å². The number of aromatic nitrogens is 3. The predicted octanol–water partition coefficient (Wildman–Crippen LogP) is 2.76. The van der Waals surface area contributed by atoms with Crippen molar-refractivity contribution in [2.24, 2.45) is 4.99 Å². The van der Waals surface area contributed by atoms with Gasteiger partial charge in [-0.1, -0.05) is 36.2 Å². The minimum atomic E-state index is -0.782. The van der Waals surface area contributed by atoms with Crippen molar-refractivity contribution in [1.82, 2.24) is 25.4 Å². The van der Waals surface area contributed by atoms with Crippen LogP contribution in [0.3, 0.4) is 0 Å². The monoisotopic (exact) mass is 556 g/mol. The average molecular weight is 557 g/mol. The molecule has 0 bridgehead atoms. The first-order valence-corrected chi connectivity index (χ1v) is 9.94. The van der Waals surface area contributed by atoms with Gasteiger partial charge in [-0.25, -0.2) is 0 Å². The van der Waals surface area contributed by atoms with Gasteiger partial charge in [0, 0.05) is 26.1 Å². The van der Waals surface area contributed by atoms with E-state index in [1.54, 1.807) is 24.5 Å². The van der Waals surface area contributed by atoms with Gasteiger partial charge in [0.15, 0.2) is 5.96 Å². The third kappa shape index (κ3) is 8.53. The smallest absolute Gasteiger partial charge is 0.191 e. The van der Waals surface area contributed by atoms with Crippen LogP contribution >= 0.6 is 47.2 Å². The zero-order chi connectivity index (χ0) is 20.4. The Morgan fingerprint density at radius 3 is 2.83 bits per heavy atom. The van der Waals surface area contributed by atoms with Gasteiger partial charge in [-0.2, -0.15) is 0 Å². The molecule has 2 rings (SSSR count). The van der Waals surface area contributed by atoms with E-state index in [9.17, 15) is 5.11 Å². The van der Waals surface area contributed by atoms with Crippen molar-refractivity contribution < 1.29 is 9.84 Å². The van der Waals surface area contributed by atoms with E-state index in [0.29, 0.717) is 34.8 Å². The Morgan fingerprint density at radius 2 is 2.10 bits per heavy atom. The fourth-order valence-corrected chi connectivity index (χ4v) is 2.75. The standard InChI is InChI=1S/C18H26Cl2N6O2.HI/c1-3-16-25-24-12-26(16)9-8-22-18(21-4-2)23-10-13(27)11-28-15-7-5-6-14(19)17(15)20;/h5-7,12-13,27H,3-4,8-11H2,1-2H3,(H2,21,22,23);1H. The highest BCUT2D eigenvalue weighted by molar-refractivity contribution is 14.0. The molecule has 1 aromatic heterocycles. The molecule has 0 aliphatic heterocycles. The number of benzene rings is 1. The topological polar surface area (TPSA) is 96.6 Å². The molecule has 1 unspecified atom stereocenters. The fraction of sp³-hybridized carbons (Fsp3) is 0.500. The van der Waals surface area contributed by atoms with Gasteiger partial charge in [-0.05, 0) is 19.1 Å². The zero-order valence-corrected chi connectivity index (χ0v) is 20.3. The van der Waals surface area contributed by atoms with Gasteiger partial charge in [0.1, 0.15) is 35.6 Å². The van der Waals surface area contributed by atoms with E-state index in [2.05, 4.69) is 25.8 Å². The lowest BCUT2D eigenvalue weighted by molar-refractivity contribution is 0.114. The second-order valence-corrected chi connectivity index (χ2v) is 6.74. The predicted molar refractivity (Wildman–Crippen MR) is 127 cm³/mol. The fourth-order valence-electron chi connectivity index (χ4n) is 2.41. The Hall–Kier alpha value is -1.30. The lowest BCUT2D eigenvalue weighted by Gasteiger charge is -2.15. The highest BCUT2D eigenvalue weighted by Crippen LogP contribution is 2.31. The number of aryl methyl sites for hydroxylation is 1. The van der Waals surface area contributed by atoms with Crippen molar-refractivity contribution in [2.75, 3.05) is 26.2 Å². The number of nitrogens with one attached hydrogen (secondary N) is 2. The molecule has 11 heteroatoms. The Labute approximate surface area is 198 Å². The van der Waals surface area contributed by atoms with Crippen LogP contribution in [0.1, 0.15) is 19.7 Å². The Kier molecular flexibility index (Phi) is 12.3. The Morgan fingerprint density at radius 1 is 1.31 bits per heavy atom. The van der Waals surface area contributed by atoms with Crippen molar-refractivity contribution >= 4 is 53.1 Å². The van der Waals surface area contributed by atoms with Crippen LogP contribution in [0.5, 0.6) is 5.75 Å². The summed E-state index contributed by atoms with van der Waals surface area (Å²) in [6, 6.07) is 5.11. The van der Waals surface area contributed by atoms with Crippen molar-refractivity contribution in [1.29, 1.82) is 0 Å². The van der Waals surface area contributed by atoms with Crippen LogP contribution in [0.2, 0.25) is 10.0 Å².